The minimum absolute atomic E-state index is 0.104. The SMILES string of the molecule is CC(C)n1cc(-c2cnn(CCO)c2)cn1. The molecule has 0 aliphatic heterocycles. The lowest BCUT2D eigenvalue weighted by atomic mass is 10.2. The molecule has 0 bridgehead atoms. The topological polar surface area (TPSA) is 55.9 Å². The maximum Gasteiger partial charge on any atom is 0.0641 e. The van der Waals surface area contributed by atoms with E-state index in [1.807, 2.05) is 23.3 Å². The molecule has 0 unspecified atom stereocenters. The zero-order valence-corrected chi connectivity index (χ0v) is 9.54. The van der Waals surface area contributed by atoms with Crippen molar-refractivity contribution in [1.29, 1.82) is 0 Å². The molecule has 0 saturated carbocycles. The standard InChI is InChI=1S/C11H16N4O/c1-9(2)15-8-11(6-13-15)10-5-12-14(7-10)3-4-16/h5-9,16H,3-4H2,1-2H3. The summed E-state index contributed by atoms with van der Waals surface area (Å²) in [5.41, 5.74) is 2.08. The van der Waals surface area contributed by atoms with Crippen LogP contribution in [0, 0.1) is 0 Å². The number of hydrogen-bond acceptors (Lipinski definition) is 3. The number of aromatic nitrogens is 4. The monoisotopic (exact) mass is 220 g/mol. The summed E-state index contributed by atoms with van der Waals surface area (Å²) < 4.78 is 3.64. The van der Waals surface area contributed by atoms with Crippen molar-refractivity contribution in [3.05, 3.63) is 24.8 Å². The molecule has 2 rings (SSSR count). The van der Waals surface area contributed by atoms with Gasteiger partial charge < -0.3 is 5.11 Å². The molecule has 5 nitrogen and oxygen atoms in total. The fraction of sp³-hybridized carbons (Fsp3) is 0.455. The van der Waals surface area contributed by atoms with Crippen molar-refractivity contribution in [3.8, 4) is 11.1 Å². The second-order valence-electron chi connectivity index (χ2n) is 4.02. The highest BCUT2D eigenvalue weighted by atomic mass is 16.3. The van der Waals surface area contributed by atoms with Gasteiger partial charge in [-0.15, -0.1) is 0 Å². The van der Waals surface area contributed by atoms with Gasteiger partial charge in [0.1, 0.15) is 0 Å². The fourth-order valence-electron chi connectivity index (χ4n) is 1.51. The predicted molar refractivity (Wildman–Crippen MR) is 60.9 cm³/mol. The van der Waals surface area contributed by atoms with Crippen LogP contribution in [-0.2, 0) is 6.54 Å². The molecule has 5 heteroatoms. The number of aliphatic hydroxyl groups is 1. The second kappa shape index (κ2) is 4.49. The second-order valence-corrected chi connectivity index (χ2v) is 4.02. The van der Waals surface area contributed by atoms with E-state index in [4.69, 9.17) is 5.11 Å². The summed E-state index contributed by atoms with van der Waals surface area (Å²) in [5, 5.41) is 17.2. The van der Waals surface area contributed by atoms with E-state index in [1.54, 1.807) is 10.9 Å². The molecule has 16 heavy (non-hydrogen) atoms. The van der Waals surface area contributed by atoms with Crippen molar-refractivity contribution in [2.24, 2.45) is 0 Å². The van der Waals surface area contributed by atoms with E-state index in [1.165, 1.54) is 0 Å². The first-order valence-corrected chi connectivity index (χ1v) is 5.38. The van der Waals surface area contributed by atoms with Crippen LogP contribution in [0.1, 0.15) is 19.9 Å². The van der Waals surface area contributed by atoms with Crippen LogP contribution in [0.3, 0.4) is 0 Å². The molecule has 2 heterocycles. The van der Waals surface area contributed by atoms with Crippen LogP contribution in [0.25, 0.3) is 11.1 Å². The minimum atomic E-state index is 0.104. The van der Waals surface area contributed by atoms with Crippen molar-refractivity contribution in [2.45, 2.75) is 26.4 Å². The lowest BCUT2D eigenvalue weighted by Crippen LogP contribution is -2.01. The van der Waals surface area contributed by atoms with Gasteiger partial charge in [-0.25, -0.2) is 0 Å². The Bertz CT molecular complexity index is 458. The van der Waals surface area contributed by atoms with Gasteiger partial charge in [0.25, 0.3) is 0 Å². The third kappa shape index (κ3) is 2.14. The van der Waals surface area contributed by atoms with Crippen LogP contribution in [-0.4, -0.2) is 31.3 Å². The highest BCUT2D eigenvalue weighted by Crippen LogP contribution is 2.18. The molecule has 0 spiro atoms. The van der Waals surface area contributed by atoms with E-state index in [0.29, 0.717) is 12.6 Å². The number of aliphatic hydroxyl groups excluding tert-OH is 1. The van der Waals surface area contributed by atoms with Gasteiger partial charge in [-0.05, 0) is 13.8 Å². The summed E-state index contributed by atoms with van der Waals surface area (Å²) >= 11 is 0. The zero-order chi connectivity index (χ0) is 11.5. The maximum absolute atomic E-state index is 8.80. The average molecular weight is 220 g/mol. The Kier molecular flexibility index (Phi) is 3.05. The van der Waals surface area contributed by atoms with Gasteiger partial charge in [0.05, 0.1) is 25.5 Å². The van der Waals surface area contributed by atoms with Crippen molar-refractivity contribution in [1.82, 2.24) is 19.6 Å². The van der Waals surface area contributed by atoms with Crippen molar-refractivity contribution in [2.75, 3.05) is 6.61 Å². The Labute approximate surface area is 94.3 Å². The smallest absolute Gasteiger partial charge is 0.0641 e. The van der Waals surface area contributed by atoms with E-state index in [9.17, 15) is 0 Å². The first-order chi connectivity index (χ1) is 7.70. The first-order valence-electron chi connectivity index (χ1n) is 5.38. The highest BCUT2D eigenvalue weighted by Gasteiger charge is 2.06. The van der Waals surface area contributed by atoms with E-state index in [0.717, 1.165) is 11.1 Å². The Balaban J connectivity index is 2.21. The van der Waals surface area contributed by atoms with E-state index < -0.39 is 0 Å². The van der Waals surface area contributed by atoms with E-state index >= 15 is 0 Å². The summed E-state index contributed by atoms with van der Waals surface area (Å²) in [4.78, 5) is 0. The van der Waals surface area contributed by atoms with Gasteiger partial charge in [-0.3, -0.25) is 9.36 Å². The zero-order valence-electron chi connectivity index (χ0n) is 9.54. The molecule has 0 atom stereocenters. The number of nitrogens with zero attached hydrogens (tertiary/aromatic N) is 4. The van der Waals surface area contributed by atoms with Crippen LogP contribution >= 0.6 is 0 Å². The summed E-state index contributed by atoms with van der Waals surface area (Å²) in [5.74, 6) is 0. The van der Waals surface area contributed by atoms with Gasteiger partial charge in [-0.2, -0.15) is 10.2 Å². The predicted octanol–water partition coefficient (Wildman–Crippen LogP) is 1.32. The minimum Gasteiger partial charge on any atom is -0.394 e. The average Bonchev–Trinajstić information content (AvgIpc) is 2.84. The third-order valence-electron chi connectivity index (χ3n) is 2.43. The summed E-state index contributed by atoms with van der Waals surface area (Å²) in [6.07, 6.45) is 7.54. The molecule has 2 aromatic heterocycles. The molecule has 0 radical (unpaired) electrons. The normalized spacial score (nSPS) is 11.2. The highest BCUT2D eigenvalue weighted by molar-refractivity contribution is 5.59. The van der Waals surface area contributed by atoms with Crippen LogP contribution < -0.4 is 0 Å². The summed E-state index contributed by atoms with van der Waals surface area (Å²) in [6, 6.07) is 0.362. The van der Waals surface area contributed by atoms with Gasteiger partial charge >= 0.3 is 0 Å². The third-order valence-corrected chi connectivity index (χ3v) is 2.43. The van der Waals surface area contributed by atoms with Crippen LogP contribution in [0.2, 0.25) is 0 Å². The van der Waals surface area contributed by atoms with Crippen LogP contribution in [0.5, 0.6) is 0 Å². The van der Waals surface area contributed by atoms with E-state index in [-0.39, 0.29) is 6.61 Å². The molecular formula is C11H16N4O. The van der Waals surface area contributed by atoms with Crippen LogP contribution in [0.15, 0.2) is 24.8 Å². The molecule has 0 fully saturated rings. The molecule has 0 saturated heterocycles. The molecule has 1 N–H and O–H groups in total. The summed E-state index contributed by atoms with van der Waals surface area (Å²) in [6.45, 7) is 4.81. The Morgan fingerprint density at radius 1 is 1.19 bits per heavy atom. The molecule has 2 aromatic rings. The van der Waals surface area contributed by atoms with Gasteiger partial charge in [0.2, 0.25) is 0 Å². The summed E-state index contributed by atoms with van der Waals surface area (Å²) in [7, 11) is 0. The molecule has 0 aromatic carbocycles. The molecule has 0 amide bonds. The van der Waals surface area contributed by atoms with Crippen molar-refractivity contribution >= 4 is 0 Å². The lowest BCUT2D eigenvalue weighted by Gasteiger charge is -2.02. The maximum atomic E-state index is 8.80. The van der Waals surface area contributed by atoms with Crippen molar-refractivity contribution < 1.29 is 5.11 Å². The van der Waals surface area contributed by atoms with Crippen LogP contribution in [0.4, 0.5) is 0 Å². The lowest BCUT2D eigenvalue weighted by molar-refractivity contribution is 0.269. The van der Waals surface area contributed by atoms with Gasteiger partial charge in [0.15, 0.2) is 0 Å². The molecule has 86 valence electrons. The Morgan fingerprint density at radius 2 is 1.88 bits per heavy atom. The quantitative estimate of drug-likeness (QED) is 0.845. The molecule has 0 aliphatic rings. The Morgan fingerprint density at radius 3 is 2.50 bits per heavy atom. The number of rotatable bonds is 4. The van der Waals surface area contributed by atoms with Gasteiger partial charge in [0, 0.05) is 29.6 Å². The Hall–Kier alpha value is -1.62. The van der Waals surface area contributed by atoms with E-state index in [2.05, 4.69) is 24.0 Å². The largest absolute Gasteiger partial charge is 0.394 e. The van der Waals surface area contributed by atoms with Gasteiger partial charge in [-0.1, -0.05) is 0 Å². The van der Waals surface area contributed by atoms with Crippen molar-refractivity contribution in [3.63, 3.8) is 0 Å². The number of hydrogen-bond donors (Lipinski definition) is 1. The molecular weight excluding hydrogens is 204 g/mol. The first kappa shape index (κ1) is 10.9. The molecule has 0 aliphatic carbocycles. The fourth-order valence-corrected chi connectivity index (χ4v) is 1.51.